The number of hydrogen-bond acceptors (Lipinski definition) is 3. The van der Waals surface area contributed by atoms with Crippen LogP contribution in [-0.4, -0.2) is 44.1 Å². The van der Waals surface area contributed by atoms with Crippen LogP contribution in [-0.2, 0) is 21.2 Å². The zero-order valence-electron chi connectivity index (χ0n) is 12.3. The van der Waals surface area contributed by atoms with E-state index in [-0.39, 0.29) is 18.2 Å². The number of nitrogens with zero attached hydrogens (tertiary/aromatic N) is 1. The summed E-state index contributed by atoms with van der Waals surface area (Å²) in [7, 11) is -3.29. The van der Waals surface area contributed by atoms with Crippen LogP contribution in [0.2, 0.25) is 0 Å². The highest BCUT2D eigenvalue weighted by Gasteiger charge is 2.30. The topological polar surface area (TPSA) is 66.5 Å². The Morgan fingerprint density at radius 2 is 1.95 bits per heavy atom. The van der Waals surface area contributed by atoms with Gasteiger partial charge >= 0.3 is 0 Å². The largest absolute Gasteiger partial charge is 0.339 e. The first-order valence-electron chi connectivity index (χ1n) is 7.26. The van der Waals surface area contributed by atoms with Gasteiger partial charge in [-0.15, -0.1) is 0 Å². The van der Waals surface area contributed by atoms with E-state index in [1.807, 2.05) is 30.3 Å². The minimum absolute atomic E-state index is 0.0148. The molecule has 2 rings (SSSR count). The van der Waals surface area contributed by atoms with Crippen LogP contribution < -0.4 is 4.72 Å². The fourth-order valence-electron chi connectivity index (χ4n) is 2.27. The highest BCUT2D eigenvalue weighted by molar-refractivity contribution is 7.89. The predicted molar refractivity (Wildman–Crippen MR) is 82.3 cm³/mol. The zero-order chi connectivity index (χ0) is 15.3. The Morgan fingerprint density at radius 3 is 2.52 bits per heavy atom. The lowest BCUT2D eigenvalue weighted by Gasteiger charge is -2.20. The maximum Gasteiger partial charge on any atom is 0.219 e. The molecule has 0 aliphatic heterocycles. The average Bonchev–Trinajstić information content (AvgIpc) is 3.27. The van der Waals surface area contributed by atoms with Crippen molar-refractivity contribution in [2.45, 2.75) is 32.2 Å². The van der Waals surface area contributed by atoms with Crippen molar-refractivity contribution in [3.05, 3.63) is 35.9 Å². The van der Waals surface area contributed by atoms with E-state index in [9.17, 15) is 13.2 Å². The van der Waals surface area contributed by atoms with Gasteiger partial charge in [-0.05, 0) is 24.8 Å². The molecule has 116 valence electrons. The number of sulfonamides is 1. The van der Waals surface area contributed by atoms with Crippen LogP contribution in [0, 0.1) is 0 Å². The molecular weight excluding hydrogens is 288 g/mol. The van der Waals surface area contributed by atoms with Crippen LogP contribution in [0.3, 0.4) is 0 Å². The van der Waals surface area contributed by atoms with E-state index in [4.69, 9.17) is 0 Å². The minimum atomic E-state index is -3.29. The number of benzene rings is 1. The molecule has 1 N–H and O–H groups in total. The van der Waals surface area contributed by atoms with Crippen molar-refractivity contribution in [3.63, 3.8) is 0 Å². The van der Waals surface area contributed by atoms with Gasteiger partial charge < -0.3 is 4.90 Å². The fraction of sp³-hybridized carbons (Fsp3) is 0.533. The highest BCUT2D eigenvalue weighted by Crippen LogP contribution is 2.26. The second kappa shape index (κ2) is 7.04. The molecule has 1 fully saturated rings. The molecule has 0 aromatic heterocycles. The summed E-state index contributed by atoms with van der Waals surface area (Å²) in [6.07, 6.45) is 2.55. The monoisotopic (exact) mass is 310 g/mol. The summed E-state index contributed by atoms with van der Waals surface area (Å²) in [4.78, 5) is 13.2. The van der Waals surface area contributed by atoms with E-state index >= 15 is 0 Å². The van der Waals surface area contributed by atoms with Crippen LogP contribution in [0.25, 0.3) is 0 Å². The highest BCUT2D eigenvalue weighted by atomic mass is 32.2. The third-order valence-corrected chi connectivity index (χ3v) is 4.95. The quantitative estimate of drug-likeness (QED) is 0.783. The first-order valence-corrected chi connectivity index (χ1v) is 8.91. The summed E-state index contributed by atoms with van der Waals surface area (Å²) in [6, 6.07) is 9.85. The van der Waals surface area contributed by atoms with Crippen molar-refractivity contribution >= 4 is 15.9 Å². The maximum absolute atomic E-state index is 11.9. The van der Waals surface area contributed by atoms with Gasteiger partial charge in [0.15, 0.2) is 0 Å². The van der Waals surface area contributed by atoms with E-state index in [1.165, 1.54) is 6.92 Å². The molecule has 0 radical (unpaired) electrons. The molecule has 0 saturated heterocycles. The molecule has 1 aromatic rings. The molecule has 1 saturated carbocycles. The molecule has 0 spiro atoms. The smallest absolute Gasteiger partial charge is 0.219 e. The van der Waals surface area contributed by atoms with Gasteiger partial charge in [-0.25, -0.2) is 13.1 Å². The lowest BCUT2D eigenvalue weighted by Crippen LogP contribution is -2.39. The summed E-state index contributed by atoms with van der Waals surface area (Å²) >= 11 is 0. The van der Waals surface area contributed by atoms with Gasteiger partial charge in [0.25, 0.3) is 0 Å². The van der Waals surface area contributed by atoms with Crippen molar-refractivity contribution in [3.8, 4) is 0 Å². The van der Waals surface area contributed by atoms with Crippen molar-refractivity contribution in [2.24, 2.45) is 0 Å². The van der Waals surface area contributed by atoms with Crippen molar-refractivity contribution in [1.82, 2.24) is 9.62 Å². The molecule has 0 heterocycles. The van der Waals surface area contributed by atoms with Crippen LogP contribution in [0.15, 0.2) is 30.3 Å². The summed E-state index contributed by atoms with van der Waals surface area (Å²) in [5.41, 5.74) is 1.01. The molecule has 6 heteroatoms. The molecular formula is C15H22N2O3S. The Hall–Kier alpha value is -1.40. The Balaban J connectivity index is 1.74. The van der Waals surface area contributed by atoms with E-state index in [2.05, 4.69) is 4.72 Å². The van der Waals surface area contributed by atoms with Crippen LogP contribution >= 0.6 is 0 Å². The van der Waals surface area contributed by atoms with Gasteiger partial charge in [-0.2, -0.15) is 0 Å². The van der Waals surface area contributed by atoms with Gasteiger partial charge in [0.2, 0.25) is 15.9 Å². The van der Waals surface area contributed by atoms with Crippen LogP contribution in [0.4, 0.5) is 0 Å². The summed E-state index contributed by atoms with van der Waals surface area (Å²) < 4.78 is 26.4. The first-order chi connectivity index (χ1) is 9.98. The Kier molecular flexibility index (Phi) is 5.36. The molecule has 1 amide bonds. The maximum atomic E-state index is 11.9. The predicted octanol–water partition coefficient (Wildman–Crippen LogP) is 1.16. The van der Waals surface area contributed by atoms with E-state index in [1.54, 1.807) is 4.90 Å². The van der Waals surface area contributed by atoms with Crippen LogP contribution in [0.5, 0.6) is 0 Å². The van der Waals surface area contributed by atoms with Gasteiger partial charge in [-0.1, -0.05) is 30.3 Å². The van der Waals surface area contributed by atoms with Crippen molar-refractivity contribution in [2.75, 3.05) is 18.8 Å². The van der Waals surface area contributed by atoms with Crippen molar-refractivity contribution < 1.29 is 13.2 Å². The number of hydrogen-bond donors (Lipinski definition) is 1. The summed E-state index contributed by atoms with van der Waals surface area (Å²) in [6.45, 7) is 2.26. The third-order valence-electron chi connectivity index (χ3n) is 3.57. The Bertz CT molecular complexity index is 568. The number of amides is 1. The second-order valence-corrected chi connectivity index (χ2v) is 7.32. The third kappa shape index (κ3) is 5.47. The molecule has 21 heavy (non-hydrogen) atoms. The van der Waals surface area contributed by atoms with Gasteiger partial charge in [0, 0.05) is 26.1 Å². The second-order valence-electron chi connectivity index (χ2n) is 5.39. The number of rotatable bonds is 8. The number of nitrogens with one attached hydrogen (secondary N) is 1. The number of carbonyl (C=O) groups excluding carboxylic acids is 1. The lowest BCUT2D eigenvalue weighted by molar-refractivity contribution is -0.129. The molecule has 5 nitrogen and oxygen atoms in total. The van der Waals surface area contributed by atoms with Crippen molar-refractivity contribution in [1.29, 1.82) is 0 Å². The summed E-state index contributed by atoms with van der Waals surface area (Å²) in [5.74, 6) is 0.0848. The molecule has 1 aliphatic rings. The molecule has 1 aromatic carbocycles. The Morgan fingerprint density at radius 1 is 1.29 bits per heavy atom. The molecule has 1 aliphatic carbocycles. The SMILES string of the molecule is CC(=O)N(CCNS(=O)(=O)CCc1ccccc1)C1CC1. The number of carbonyl (C=O) groups is 1. The van der Waals surface area contributed by atoms with Gasteiger partial charge in [0.05, 0.1) is 5.75 Å². The van der Waals surface area contributed by atoms with Crippen LogP contribution in [0.1, 0.15) is 25.3 Å². The van der Waals surface area contributed by atoms with Gasteiger partial charge in [-0.3, -0.25) is 4.79 Å². The molecule has 0 bridgehead atoms. The van der Waals surface area contributed by atoms with E-state index in [0.29, 0.717) is 19.0 Å². The van der Waals surface area contributed by atoms with E-state index in [0.717, 1.165) is 18.4 Å². The minimum Gasteiger partial charge on any atom is -0.339 e. The lowest BCUT2D eigenvalue weighted by atomic mass is 10.2. The normalized spacial score (nSPS) is 14.9. The fourth-order valence-corrected chi connectivity index (χ4v) is 3.33. The summed E-state index contributed by atoms with van der Waals surface area (Å²) in [5, 5.41) is 0. The number of aryl methyl sites for hydroxylation is 1. The first kappa shape index (κ1) is 16.0. The van der Waals surface area contributed by atoms with E-state index < -0.39 is 10.0 Å². The Labute approximate surface area is 126 Å². The zero-order valence-corrected chi connectivity index (χ0v) is 13.1. The molecule has 0 unspecified atom stereocenters. The molecule has 0 atom stereocenters. The average molecular weight is 310 g/mol. The standard InChI is InChI=1S/C15H22N2O3S/c1-13(18)17(15-7-8-15)11-10-16-21(19,20)12-9-14-5-3-2-4-6-14/h2-6,15-16H,7-12H2,1H3. The van der Waals surface area contributed by atoms with Gasteiger partial charge in [0.1, 0.15) is 0 Å².